The fraction of sp³-hybridized carbons (Fsp3) is 0.391. The van der Waals surface area contributed by atoms with Gasteiger partial charge in [-0.25, -0.2) is 0 Å². The molecule has 1 fully saturated rings. The van der Waals surface area contributed by atoms with Gasteiger partial charge < -0.3 is 15.5 Å². The number of benzene rings is 2. The lowest BCUT2D eigenvalue weighted by Gasteiger charge is -2.17. The third-order valence-corrected chi connectivity index (χ3v) is 5.24. The Labute approximate surface area is 191 Å². The van der Waals surface area contributed by atoms with E-state index in [2.05, 4.69) is 65.0 Å². The predicted molar refractivity (Wildman–Crippen MR) is 131 cm³/mol. The topological polar surface area (TPSA) is 56.7 Å². The summed E-state index contributed by atoms with van der Waals surface area (Å²) in [6.45, 7) is 4.64. The minimum Gasteiger partial charge on any atom is -0.356 e. The molecule has 2 N–H and O–H groups in total. The quantitative estimate of drug-likeness (QED) is 0.335. The van der Waals surface area contributed by atoms with E-state index in [4.69, 9.17) is 0 Å². The molecule has 1 saturated heterocycles. The van der Waals surface area contributed by atoms with Crippen molar-refractivity contribution < 1.29 is 4.79 Å². The van der Waals surface area contributed by atoms with E-state index in [0.29, 0.717) is 18.9 Å². The summed E-state index contributed by atoms with van der Waals surface area (Å²) >= 11 is 0. The van der Waals surface area contributed by atoms with Gasteiger partial charge in [0.15, 0.2) is 5.96 Å². The fourth-order valence-electron chi connectivity index (χ4n) is 3.48. The zero-order valence-corrected chi connectivity index (χ0v) is 19.6. The predicted octanol–water partition coefficient (Wildman–Crippen LogP) is 4.29. The van der Waals surface area contributed by atoms with Crippen LogP contribution >= 0.6 is 24.0 Å². The Hall–Kier alpha value is -2.09. The number of guanidine groups is 1. The Bertz CT molecular complexity index is 792. The number of anilines is 1. The summed E-state index contributed by atoms with van der Waals surface area (Å²) in [6, 6.07) is 18.8. The molecule has 0 saturated carbocycles. The minimum atomic E-state index is 0. The fourth-order valence-corrected chi connectivity index (χ4v) is 3.48. The highest BCUT2D eigenvalue weighted by molar-refractivity contribution is 14.0. The molecule has 1 aliphatic rings. The average Bonchev–Trinajstić information content (AvgIpc) is 3.17. The summed E-state index contributed by atoms with van der Waals surface area (Å²) in [5.74, 6) is 1.53. The van der Waals surface area contributed by atoms with Crippen molar-refractivity contribution in [3.8, 4) is 0 Å². The zero-order valence-electron chi connectivity index (χ0n) is 17.2. The van der Waals surface area contributed by atoms with Crippen LogP contribution in [0.25, 0.3) is 0 Å². The van der Waals surface area contributed by atoms with Gasteiger partial charge in [0.05, 0.1) is 0 Å². The first-order chi connectivity index (χ1) is 13.7. The maximum Gasteiger partial charge on any atom is 0.227 e. The molecule has 1 aliphatic heterocycles. The van der Waals surface area contributed by atoms with Crippen LogP contribution in [0.1, 0.15) is 43.2 Å². The van der Waals surface area contributed by atoms with E-state index >= 15 is 0 Å². The van der Waals surface area contributed by atoms with Crippen LogP contribution in [0.4, 0.5) is 5.69 Å². The highest BCUT2D eigenvalue weighted by Crippen LogP contribution is 2.21. The second-order valence-corrected chi connectivity index (χ2v) is 7.27. The van der Waals surface area contributed by atoms with Gasteiger partial charge in [0.2, 0.25) is 5.91 Å². The number of carbonyl (C=O) groups is 1. The van der Waals surface area contributed by atoms with Crippen molar-refractivity contribution in [2.75, 3.05) is 25.0 Å². The van der Waals surface area contributed by atoms with Crippen molar-refractivity contribution >= 4 is 41.5 Å². The van der Waals surface area contributed by atoms with Gasteiger partial charge in [-0.3, -0.25) is 9.79 Å². The Morgan fingerprint density at radius 3 is 2.45 bits per heavy atom. The van der Waals surface area contributed by atoms with E-state index in [1.807, 2.05) is 17.0 Å². The molecule has 29 heavy (non-hydrogen) atoms. The van der Waals surface area contributed by atoms with Gasteiger partial charge in [-0.05, 0) is 42.0 Å². The van der Waals surface area contributed by atoms with Gasteiger partial charge in [0.25, 0.3) is 0 Å². The van der Waals surface area contributed by atoms with E-state index in [0.717, 1.165) is 43.1 Å². The third-order valence-electron chi connectivity index (χ3n) is 5.24. The summed E-state index contributed by atoms with van der Waals surface area (Å²) in [5.41, 5.74) is 3.52. The molecule has 0 radical (unpaired) electrons. The largest absolute Gasteiger partial charge is 0.356 e. The van der Waals surface area contributed by atoms with Crippen LogP contribution < -0.4 is 15.5 Å². The lowest BCUT2D eigenvalue weighted by Crippen LogP contribution is -2.37. The number of aliphatic imine (C=N–C) groups is 1. The van der Waals surface area contributed by atoms with Crippen LogP contribution in [-0.2, 0) is 11.3 Å². The summed E-state index contributed by atoms with van der Waals surface area (Å²) in [4.78, 5) is 18.0. The summed E-state index contributed by atoms with van der Waals surface area (Å²) in [7, 11) is 1.79. The second-order valence-electron chi connectivity index (χ2n) is 7.27. The lowest BCUT2D eigenvalue weighted by molar-refractivity contribution is -0.117. The molecule has 6 heteroatoms. The van der Waals surface area contributed by atoms with Crippen molar-refractivity contribution in [3.05, 3.63) is 65.7 Å². The summed E-state index contributed by atoms with van der Waals surface area (Å²) < 4.78 is 0. The Kier molecular flexibility index (Phi) is 9.44. The van der Waals surface area contributed by atoms with E-state index in [1.54, 1.807) is 7.05 Å². The van der Waals surface area contributed by atoms with Gasteiger partial charge in [-0.15, -0.1) is 24.0 Å². The Morgan fingerprint density at radius 2 is 1.83 bits per heavy atom. The van der Waals surface area contributed by atoms with Crippen molar-refractivity contribution in [1.82, 2.24) is 10.6 Å². The van der Waals surface area contributed by atoms with Gasteiger partial charge >= 0.3 is 0 Å². The van der Waals surface area contributed by atoms with Crippen molar-refractivity contribution in [3.63, 3.8) is 0 Å². The van der Waals surface area contributed by atoms with E-state index in [9.17, 15) is 4.79 Å². The van der Waals surface area contributed by atoms with Crippen LogP contribution in [0, 0.1) is 0 Å². The van der Waals surface area contributed by atoms with Crippen LogP contribution in [0.2, 0.25) is 0 Å². The average molecular weight is 506 g/mol. The maximum absolute atomic E-state index is 11.8. The number of halogens is 1. The minimum absolute atomic E-state index is 0. The van der Waals surface area contributed by atoms with Crippen LogP contribution in [0.15, 0.2) is 59.6 Å². The maximum atomic E-state index is 11.8. The standard InChI is InChI=1S/C23H30N4O.HI/c1-18(20-7-4-3-5-8-20)14-15-25-23(24-2)26-17-19-10-12-21(13-11-19)27-16-6-9-22(27)28;/h3-5,7-8,10-13,18H,6,9,14-17H2,1-2H3,(H2,24,25,26);1H. The number of rotatable bonds is 7. The Morgan fingerprint density at radius 1 is 1.10 bits per heavy atom. The monoisotopic (exact) mass is 506 g/mol. The number of hydrogen-bond acceptors (Lipinski definition) is 2. The van der Waals surface area contributed by atoms with Gasteiger partial charge in [0, 0.05) is 38.8 Å². The molecule has 1 amide bonds. The second kappa shape index (κ2) is 11.8. The molecule has 156 valence electrons. The third kappa shape index (κ3) is 6.73. The van der Waals surface area contributed by atoms with Crippen LogP contribution in [0.3, 0.4) is 0 Å². The van der Waals surface area contributed by atoms with Gasteiger partial charge in [-0.2, -0.15) is 0 Å². The first-order valence-electron chi connectivity index (χ1n) is 10.1. The smallest absolute Gasteiger partial charge is 0.227 e. The summed E-state index contributed by atoms with van der Waals surface area (Å²) in [5, 5.41) is 6.74. The molecule has 2 aromatic carbocycles. The molecule has 3 rings (SSSR count). The Balaban J connectivity index is 0.00000300. The van der Waals surface area contributed by atoms with Crippen molar-refractivity contribution in [2.45, 2.75) is 38.6 Å². The van der Waals surface area contributed by atoms with Crippen LogP contribution in [-0.4, -0.2) is 32.0 Å². The molecule has 1 heterocycles. The number of hydrogen-bond donors (Lipinski definition) is 2. The van der Waals surface area contributed by atoms with Gasteiger partial charge in [0.1, 0.15) is 0 Å². The molecule has 2 aromatic rings. The number of amides is 1. The van der Waals surface area contributed by atoms with Crippen molar-refractivity contribution in [2.24, 2.45) is 4.99 Å². The van der Waals surface area contributed by atoms with Crippen molar-refractivity contribution in [1.29, 1.82) is 0 Å². The molecule has 0 aromatic heterocycles. The lowest BCUT2D eigenvalue weighted by atomic mass is 9.98. The molecule has 0 aliphatic carbocycles. The van der Waals surface area contributed by atoms with E-state index in [1.165, 1.54) is 5.56 Å². The first-order valence-corrected chi connectivity index (χ1v) is 10.1. The highest BCUT2D eigenvalue weighted by Gasteiger charge is 2.21. The molecule has 1 unspecified atom stereocenters. The molecule has 0 bridgehead atoms. The number of nitrogens with one attached hydrogen (secondary N) is 2. The summed E-state index contributed by atoms with van der Waals surface area (Å²) in [6.07, 6.45) is 2.66. The van der Waals surface area contributed by atoms with E-state index in [-0.39, 0.29) is 29.9 Å². The van der Waals surface area contributed by atoms with Crippen LogP contribution in [0.5, 0.6) is 0 Å². The highest BCUT2D eigenvalue weighted by atomic mass is 127. The van der Waals surface area contributed by atoms with Gasteiger partial charge in [-0.1, -0.05) is 49.4 Å². The van der Waals surface area contributed by atoms with E-state index < -0.39 is 0 Å². The zero-order chi connectivity index (χ0) is 19.8. The molecule has 1 atom stereocenters. The number of nitrogens with zero attached hydrogens (tertiary/aromatic N) is 2. The molecule has 5 nitrogen and oxygen atoms in total. The molecule has 0 spiro atoms. The number of carbonyl (C=O) groups excluding carboxylic acids is 1. The SMILES string of the molecule is CN=C(NCCC(C)c1ccccc1)NCc1ccc(N2CCCC2=O)cc1.I. The normalized spacial score (nSPS) is 15.0. The molecular formula is C23H31IN4O. The molecular weight excluding hydrogens is 475 g/mol. The first kappa shape index (κ1) is 23.2.